The number of aliphatic hydroxyl groups excluding tert-OH is 1. The summed E-state index contributed by atoms with van der Waals surface area (Å²) in [6, 6.07) is 5.18. The van der Waals surface area contributed by atoms with Crippen LogP contribution >= 0.6 is 12.4 Å². The molecule has 0 saturated carbocycles. The van der Waals surface area contributed by atoms with Gasteiger partial charge in [0.05, 0.1) is 20.3 Å². The fourth-order valence-corrected chi connectivity index (χ4v) is 1.98. The van der Waals surface area contributed by atoms with Crippen LogP contribution < -0.4 is 20.1 Å². The first-order chi connectivity index (χ1) is 10.0. The van der Waals surface area contributed by atoms with Gasteiger partial charge in [0.25, 0.3) is 0 Å². The van der Waals surface area contributed by atoms with Crippen LogP contribution in [0.1, 0.15) is 18.6 Å². The Hall–Kier alpha value is -1.50. The zero-order valence-corrected chi connectivity index (χ0v) is 14.2. The zero-order chi connectivity index (χ0) is 15.8. The summed E-state index contributed by atoms with van der Waals surface area (Å²) in [6.45, 7) is 2.53. The van der Waals surface area contributed by atoms with Crippen molar-refractivity contribution in [1.29, 1.82) is 0 Å². The monoisotopic (exact) mass is 332 g/mol. The molecule has 0 aliphatic heterocycles. The van der Waals surface area contributed by atoms with E-state index in [1.54, 1.807) is 32.4 Å². The molecule has 0 saturated heterocycles. The number of aliphatic hydroxyl groups is 1. The third kappa shape index (κ3) is 5.71. The number of rotatable bonds is 8. The van der Waals surface area contributed by atoms with Crippen LogP contribution in [0.15, 0.2) is 18.2 Å². The summed E-state index contributed by atoms with van der Waals surface area (Å²) in [5.41, 5.74) is 0.582. The van der Waals surface area contributed by atoms with E-state index in [-0.39, 0.29) is 30.8 Å². The molecule has 1 rings (SSSR count). The highest BCUT2D eigenvalue weighted by Gasteiger charge is 2.17. The van der Waals surface area contributed by atoms with Crippen LogP contribution in [0.2, 0.25) is 0 Å². The molecule has 1 amide bonds. The van der Waals surface area contributed by atoms with Crippen molar-refractivity contribution in [3.63, 3.8) is 0 Å². The maximum absolute atomic E-state index is 11.8. The third-order valence-electron chi connectivity index (χ3n) is 3.22. The second-order valence-corrected chi connectivity index (χ2v) is 4.83. The lowest BCUT2D eigenvalue weighted by atomic mass is 10.1. The molecule has 0 fully saturated rings. The van der Waals surface area contributed by atoms with E-state index in [4.69, 9.17) is 9.47 Å². The van der Waals surface area contributed by atoms with Crippen molar-refractivity contribution in [2.24, 2.45) is 5.92 Å². The number of ether oxygens (including phenoxy) is 2. The van der Waals surface area contributed by atoms with Crippen molar-refractivity contribution in [2.75, 3.05) is 34.4 Å². The van der Waals surface area contributed by atoms with Gasteiger partial charge >= 0.3 is 0 Å². The van der Waals surface area contributed by atoms with Crippen LogP contribution in [-0.2, 0) is 4.79 Å². The molecular formula is C15H25ClN2O4. The van der Waals surface area contributed by atoms with Gasteiger partial charge in [-0.15, -0.1) is 12.4 Å². The fraction of sp³-hybridized carbons (Fsp3) is 0.533. The third-order valence-corrected chi connectivity index (χ3v) is 3.22. The molecule has 0 aliphatic carbocycles. The van der Waals surface area contributed by atoms with Gasteiger partial charge in [-0.2, -0.15) is 0 Å². The molecule has 7 heteroatoms. The quantitative estimate of drug-likeness (QED) is 0.665. The number of carbonyl (C=O) groups excluding carboxylic acids is 1. The van der Waals surface area contributed by atoms with E-state index in [2.05, 4.69) is 10.6 Å². The minimum Gasteiger partial charge on any atom is -0.497 e. The first kappa shape index (κ1) is 20.5. The van der Waals surface area contributed by atoms with Gasteiger partial charge in [-0.05, 0) is 25.2 Å². The largest absolute Gasteiger partial charge is 0.497 e. The van der Waals surface area contributed by atoms with Gasteiger partial charge in [0.1, 0.15) is 11.5 Å². The molecule has 2 atom stereocenters. The molecule has 1 aromatic rings. The SMILES string of the molecule is CNCC(C)C(=O)NCC(O)c1cc(OC)ccc1OC.Cl. The van der Waals surface area contributed by atoms with E-state index in [9.17, 15) is 9.90 Å². The van der Waals surface area contributed by atoms with Crippen molar-refractivity contribution in [2.45, 2.75) is 13.0 Å². The Balaban J connectivity index is 0.00000441. The minimum atomic E-state index is -0.860. The molecule has 3 N–H and O–H groups in total. The molecule has 6 nitrogen and oxygen atoms in total. The Kier molecular flexibility index (Phi) is 9.56. The van der Waals surface area contributed by atoms with Crippen molar-refractivity contribution < 1.29 is 19.4 Å². The topological polar surface area (TPSA) is 79.8 Å². The number of hydrogen-bond donors (Lipinski definition) is 3. The predicted molar refractivity (Wildman–Crippen MR) is 87.9 cm³/mol. The van der Waals surface area contributed by atoms with Gasteiger partial charge in [0, 0.05) is 24.6 Å². The number of carbonyl (C=O) groups is 1. The molecule has 1 aromatic carbocycles. The Morgan fingerprint density at radius 2 is 1.95 bits per heavy atom. The zero-order valence-electron chi connectivity index (χ0n) is 13.4. The van der Waals surface area contributed by atoms with Crippen molar-refractivity contribution in [1.82, 2.24) is 10.6 Å². The second kappa shape index (κ2) is 10.3. The highest BCUT2D eigenvalue weighted by Crippen LogP contribution is 2.29. The second-order valence-electron chi connectivity index (χ2n) is 4.83. The molecule has 0 bridgehead atoms. The smallest absolute Gasteiger partial charge is 0.224 e. The van der Waals surface area contributed by atoms with Crippen LogP contribution in [0.25, 0.3) is 0 Å². The van der Waals surface area contributed by atoms with E-state index >= 15 is 0 Å². The Labute approximate surface area is 137 Å². The first-order valence-corrected chi connectivity index (χ1v) is 6.85. The van der Waals surface area contributed by atoms with Gasteiger partial charge < -0.3 is 25.2 Å². The maximum atomic E-state index is 11.8. The lowest BCUT2D eigenvalue weighted by Gasteiger charge is -2.18. The summed E-state index contributed by atoms with van der Waals surface area (Å²) in [4.78, 5) is 11.8. The minimum absolute atomic E-state index is 0. The van der Waals surface area contributed by atoms with Crippen LogP contribution in [0.3, 0.4) is 0 Å². The number of amides is 1. The van der Waals surface area contributed by atoms with Crippen LogP contribution in [0, 0.1) is 5.92 Å². The van der Waals surface area contributed by atoms with E-state index in [0.29, 0.717) is 23.6 Å². The van der Waals surface area contributed by atoms with Gasteiger partial charge in [-0.3, -0.25) is 4.79 Å². The molecule has 0 spiro atoms. The number of benzene rings is 1. The predicted octanol–water partition coefficient (Wildman–Crippen LogP) is 1.13. The number of nitrogens with one attached hydrogen (secondary N) is 2. The summed E-state index contributed by atoms with van der Waals surface area (Å²) in [6.07, 6.45) is -0.860. The molecule has 0 aromatic heterocycles. The summed E-state index contributed by atoms with van der Waals surface area (Å²) in [5, 5.41) is 15.9. The van der Waals surface area contributed by atoms with Crippen LogP contribution in [-0.4, -0.2) is 45.4 Å². The van der Waals surface area contributed by atoms with Gasteiger partial charge in [0.2, 0.25) is 5.91 Å². The lowest BCUT2D eigenvalue weighted by Crippen LogP contribution is -2.36. The number of halogens is 1. The summed E-state index contributed by atoms with van der Waals surface area (Å²) in [7, 11) is 4.88. The molecule has 126 valence electrons. The normalized spacial score (nSPS) is 12.8. The van der Waals surface area contributed by atoms with Crippen LogP contribution in [0.4, 0.5) is 0 Å². The van der Waals surface area contributed by atoms with E-state index in [1.807, 2.05) is 6.92 Å². The molecule has 2 unspecified atom stereocenters. The standard InChI is InChI=1S/C15H24N2O4.ClH/c1-10(8-16-2)15(19)17-9-13(18)12-7-11(20-3)5-6-14(12)21-4;/h5-7,10,13,16,18H,8-9H2,1-4H3,(H,17,19);1H. The van der Waals surface area contributed by atoms with E-state index in [1.165, 1.54) is 7.11 Å². The summed E-state index contributed by atoms with van der Waals surface area (Å²) < 4.78 is 10.4. The highest BCUT2D eigenvalue weighted by atomic mass is 35.5. The Bertz CT molecular complexity index is 471. The summed E-state index contributed by atoms with van der Waals surface area (Å²) in [5.74, 6) is 0.917. The Morgan fingerprint density at radius 3 is 2.50 bits per heavy atom. The number of methoxy groups -OCH3 is 2. The molecule has 22 heavy (non-hydrogen) atoms. The maximum Gasteiger partial charge on any atom is 0.224 e. The van der Waals surface area contributed by atoms with Gasteiger partial charge in [0.15, 0.2) is 0 Å². The van der Waals surface area contributed by atoms with Gasteiger partial charge in [-0.1, -0.05) is 6.92 Å². The molecule has 0 radical (unpaired) electrons. The molecule has 0 aliphatic rings. The van der Waals surface area contributed by atoms with Crippen molar-refractivity contribution in [3.05, 3.63) is 23.8 Å². The lowest BCUT2D eigenvalue weighted by molar-refractivity contribution is -0.124. The molecular weight excluding hydrogens is 308 g/mol. The van der Waals surface area contributed by atoms with Gasteiger partial charge in [-0.25, -0.2) is 0 Å². The average molecular weight is 333 g/mol. The van der Waals surface area contributed by atoms with Crippen molar-refractivity contribution >= 4 is 18.3 Å². The van der Waals surface area contributed by atoms with Crippen LogP contribution in [0.5, 0.6) is 11.5 Å². The van der Waals surface area contributed by atoms with E-state index < -0.39 is 6.10 Å². The number of hydrogen-bond acceptors (Lipinski definition) is 5. The van der Waals surface area contributed by atoms with E-state index in [0.717, 1.165) is 0 Å². The summed E-state index contributed by atoms with van der Waals surface area (Å²) >= 11 is 0. The first-order valence-electron chi connectivity index (χ1n) is 6.85. The molecule has 0 heterocycles. The Morgan fingerprint density at radius 1 is 1.27 bits per heavy atom. The highest BCUT2D eigenvalue weighted by molar-refractivity contribution is 5.85. The average Bonchev–Trinajstić information content (AvgIpc) is 2.51. The fourth-order valence-electron chi connectivity index (χ4n) is 1.98. The van der Waals surface area contributed by atoms with Crippen molar-refractivity contribution in [3.8, 4) is 11.5 Å².